The lowest BCUT2D eigenvalue weighted by molar-refractivity contribution is -0.889. The predicted octanol–water partition coefficient (Wildman–Crippen LogP) is 1.26. The molecule has 0 saturated carbocycles. The molecule has 1 N–H and O–H groups in total. The van der Waals surface area contributed by atoms with Crippen molar-refractivity contribution in [2.24, 2.45) is 0 Å². The summed E-state index contributed by atoms with van der Waals surface area (Å²) in [5.41, 5.74) is 0. The Labute approximate surface area is 111 Å². The zero-order valence-corrected chi connectivity index (χ0v) is 12.4. The van der Waals surface area contributed by atoms with Gasteiger partial charge in [-0.3, -0.25) is 4.79 Å². The van der Waals surface area contributed by atoms with Crippen LogP contribution in [0, 0.1) is 0 Å². The van der Waals surface area contributed by atoms with Crippen molar-refractivity contribution in [3.05, 3.63) is 12.2 Å². The van der Waals surface area contributed by atoms with Crippen molar-refractivity contribution in [2.75, 3.05) is 47.4 Å². The molecule has 18 heavy (non-hydrogen) atoms. The Bertz CT molecular complexity index is 263. The van der Waals surface area contributed by atoms with Gasteiger partial charge in [0.25, 0.3) is 0 Å². The Hall–Kier alpha value is -0.870. The van der Waals surface area contributed by atoms with Crippen molar-refractivity contribution < 1.29 is 14.4 Å². The number of carbonyl (C=O) groups excluding carboxylic acids is 1. The molecule has 0 aliphatic heterocycles. The highest BCUT2D eigenvalue weighted by atomic mass is 16.3. The molecule has 0 spiro atoms. The number of hydrogen-bond acceptors (Lipinski definition) is 2. The summed E-state index contributed by atoms with van der Waals surface area (Å²) < 4.78 is 0.730. The fourth-order valence-corrected chi connectivity index (χ4v) is 1.55. The van der Waals surface area contributed by atoms with E-state index in [1.165, 1.54) is 0 Å². The van der Waals surface area contributed by atoms with Crippen molar-refractivity contribution in [2.45, 2.75) is 26.2 Å². The van der Waals surface area contributed by atoms with Crippen LogP contribution in [0.25, 0.3) is 0 Å². The Kier molecular flexibility index (Phi) is 8.67. The van der Waals surface area contributed by atoms with Crippen LogP contribution in [0.1, 0.15) is 26.2 Å². The zero-order chi connectivity index (χ0) is 14.0. The van der Waals surface area contributed by atoms with E-state index >= 15 is 0 Å². The summed E-state index contributed by atoms with van der Waals surface area (Å²) in [4.78, 5) is 13.5. The van der Waals surface area contributed by atoms with Crippen LogP contribution in [0.15, 0.2) is 12.2 Å². The molecular weight excluding hydrogens is 228 g/mol. The summed E-state index contributed by atoms with van der Waals surface area (Å²) in [6.07, 6.45) is 6.88. The van der Waals surface area contributed by atoms with Gasteiger partial charge in [0.1, 0.15) is 6.54 Å². The number of carbonyl (C=O) groups is 1. The highest BCUT2D eigenvalue weighted by molar-refractivity contribution is 5.87. The molecule has 4 heteroatoms. The molecule has 0 rings (SSSR count). The minimum Gasteiger partial charge on any atom is -0.391 e. The highest BCUT2D eigenvalue weighted by Crippen LogP contribution is 1.99. The highest BCUT2D eigenvalue weighted by Gasteiger charge is 2.16. The first-order valence-corrected chi connectivity index (χ1v) is 6.77. The molecule has 0 atom stereocenters. The summed E-state index contributed by atoms with van der Waals surface area (Å²) in [6.45, 7) is 4.61. The molecule has 106 valence electrons. The van der Waals surface area contributed by atoms with Crippen LogP contribution >= 0.6 is 0 Å². The molecule has 0 aromatic rings. The fourth-order valence-electron chi connectivity index (χ4n) is 1.55. The molecule has 0 aromatic carbocycles. The minimum atomic E-state index is 0.0649. The largest absolute Gasteiger partial charge is 0.391 e. The van der Waals surface area contributed by atoms with E-state index in [9.17, 15) is 4.79 Å². The van der Waals surface area contributed by atoms with Gasteiger partial charge in [-0.15, -0.1) is 0 Å². The molecule has 4 nitrogen and oxygen atoms in total. The maximum atomic E-state index is 11.8. The smallest absolute Gasteiger partial charge is 0.246 e. The first kappa shape index (κ1) is 17.1. The summed E-state index contributed by atoms with van der Waals surface area (Å²) in [7, 11) is 5.95. The number of rotatable bonds is 9. The molecule has 0 unspecified atom stereocenters. The maximum Gasteiger partial charge on any atom is 0.246 e. The van der Waals surface area contributed by atoms with Gasteiger partial charge >= 0.3 is 0 Å². The lowest BCUT2D eigenvalue weighted by Crippen LogP contribution is -2.47. The zero-order valence-electron chi connectivity index (χ0n) is 12.4. The van der Waals surface area contributed by atoms with Gasteiger partial charge in [-0.25, -0.2) is 0 Å². The third kappa shape index (κ3) is 8.25. The Balaban J connectivity index is 3.97. The van der Waals surface area contributed by atoms with E-state index in [2.05, 4.69) is 21.0 Å². The molecule has 0 fully saturated rings. The van der Waals surface area contributed by atoms with Gasteiger partial charge in [0.2, 0.25) is 5.91 Å². The minimum absolute atomic E-state index is 0.0649. The van der Waals surface area contributed by atoms with Crippen LogP contribution in [-0.4, -0.2) is 67.8 Å². The van der Waals surface area contributed by atoms with Gasteiger partial charge in [0, 0.05) is 7.05 Å². The van der Waals surface area contributed by atoms with Gasteiger partial charge in [-0.2, -0.15) is 0 Å². The third-order valence-corrected chi connectivity index (χ3v) is 3.11. The SMILES string of the molecule is CCCC/C=C/C(=O)N(C)CC[N+](C)(C)CCO. The van der Waals surface area contributed by atoms with E-state index in [1.54, 1.807) is 11.0 Å². The number of unbranched alkanes of at least 4 members (excludes halogenated alkanes) is 2. The van der Waals surface area contributed by atoms with E-state index in [-0.39, 0.29) is 12.5 Å². The quantitative estimate of drug-likeness (QED) is 0.384. The molecule has 0 heterocycles. The molecular formula is C14H29N2O2+. The average Bonchev–Trinajstić information content (AvgIpc) is 2.31. The Morgan fingerprint density at radius 2 is 2.00 bits per heavy atom. The van der Waals surface area contributed by atoms with E-state index in [4.69, 9.17) is 5.11 Å². The van der Waals surface area contributed by atoms with Crippen LogP contribution < -0.4 is 0 Å². The van der Waals surface area contributed by atoms with E-state index in [1.807, 2.05) is 13.1 Å². The number of nitrogens with zero attached hydrogens (tertiary/aromatic N) is 2. The van der Waals surface area contributed by atoms with Gasteiger partial charge in [0.15, 0.2) is 0 Å². The number of quaternary nitrogens is 1. The first-order valence-electron chi connectivity index (χ1n) is 6.77. The molecule has 0 aromatic heterocycles. The second-order valence-corrected chi connectivity index (χ2v) is 5.41. The van der Waals surface area contributed by atoms with Gasteiger partial charge in [-0.1, -0.05) is 25.8 Å². The van der Waals surface area contributed by atoms with Crippen molar-refractivity contribution >= 4 is 5.91 Å². The van der Waals surface area contributed by atoms with Crippen LogP contribution in [0.4, 0.5) is 0 Å². The van der Waals surface area contributed by atoms with Crippen molar-refractivity contribution in [1.82, 2.24) is 4.90 Å². The number of hydrogen-bond donors (Lipinski definition) is 1. The summed E-state index contributed by atoms with van der Waals surface area (Å²) in [5.74, 6) is 0.0649. The van der Waals surface area contributed by atoms with Crippen LogP contribution in [-0.2, 0) is 4.79 Å². The molecule has 1 amide bonds. The normalized spacial score (nSPS) is 12.1. The van der Waals surface area contributed by atoms with Crippen LogP contribution in [0.2, 0.25) is 0 Å². The number of allylic oxidation sites excluding steroid dienone is 1. The second-order valence-electron chi connectivity index (χ2n) is 5.41. The molecule has 0 aliphatic carbocycles. The molecule has 0 bridgehead atoms. The number of likely N-dealkylation sites (N-methyl/N-ethyl adjacent to an activating group) is 2. The first-order chi connectivity index (χ1) is 8.43. The van der Waals surface area contributed by atoms with Gasteiger partial charge in [-0.05, 0) is 12.5 Å². The topological polar surface area (TPSA) is 40.5 Å². The molecule has 0 saturated heterocycles. The Morgan fingerprint density at radius 1 is 1.33 bits per heavy atom. The van der Waals surface area contributed by atoms with Gasteiger partial charge < -0.3 is 14.5 Å². The number of amides is 1. The maximum absolute atomic E-state index is 11.8. The average molecular weight is 257 g/mol. The summed E-state index contributed by atoms with van der Waals surface area (Å²) >= 11 is 0. The Morgan fingerprint density at radius 3 is 2.56 bits per heavy atom. The monoisotopic (exact) mass is 257 g/mol. The van der Waals surface area contributed by atoms with E-state index < -0.39 is 0 Å². The van der Waals surface area contributed by atoms with Gasteiger partial charge in [0.05, 0.1) is 33.8 Å². The summed E-state index contributed by atoms with van der Waals surface area (Å²) in [6, 6.07) is 0. The van der Waals surface area contributed by atoms with Crippen LogP contribution in [0.5, 0.6) is 0 Å². The van der Waals surface area contributed by atoms with Crippen LogP contribution in [0.3, 0.4) is 0 Å². The lowest BCUT2D eigenvalue weighted by Gasteiger charge is -2.30. The van der Waals surface area contributed by atoms with E-state index in [0.29, 0.717) is 13.1 Å². The fraction of sp³-hybridized carbons (Fsp3) is 0.786. The van der Waals surface area contributed by atoms with Crippen molar-refractivity contribution in [3.8, 4) is 0 Å². The van der Waals surface area contributed by atoms with Crippen molar-refractivity contribution in [1.29, 1.82) is 0 Å². The second kappa shape index (κ2) is 9.11. The molecule has 0 radical (unpaired) electrons. The van der Waals surface area contributed by atoms with Crippen molar-refractivity contribution in [3.63, 3.8) is 0 Å². The lowest BCUT2D eigenvalue weighted by atomic mass is 10.2. The molecule has 0 aliphatic rings. The van der Waals surface area contributed by atoms with E-state index in [0.717, 1.165) is 30.3 Å². The summed E-state index contributed by atoms with van der Waals surface area (Å²) in [5, 5.41) is 8.94. The predicted molar refractivity (Wildman–Crippen MR) is 75.2 cm³/mol. The third-order valence-electron chi connectivity index (χ3n) is 3.11. The standard InChI is InChI=1S/C14H29N2O2/c1-5-6-7-8-9-14(18)15(2)10-11-16(3,4)12-13-17/h8-9,17H,5-7,10-13H2,1-4H3/q+1/b9-8+. The number of aliphatic hydroxyl groups is 1. The number of aliphatic hydroxyl groups excluding tert-OH is 1.